The van der Waals surface area contributed by atoms with Gasteiger partial charge in [0.1, 0.15) is 11.9 Å². The number of nitro groups is 1. The van der Waals surface area contributed by atoms with Crippen LogP contribution in [0.5, 0.6) is 0 Å². The number of fused-ring (bicyclic) bond motifs is 1. The fourth-order valence-electron chi connectivity index (χ4n) is 4.08. The lowest BCUT2D eigenvalue weighted by Crippen LogP contribution is -2.41. The number of hydrogen-bond acceptors (Lipinski definition) is 4. The highest BCUT2D eigenvalue weighted by molar-refractivity contribution is 5.74. The lowest BCUT2D eigenvalue weighted by Gasteiger charge is -2.32. The van der Waals surface area contributed by atoms with E-state index in [0.29, 0.717) is 12.3 Å². The third-order valence-electron chi connectivity index (χ3n) is 5.10. The second-order valence-corrected chi connectivity index (χ2v) is 6.40. The van der Waals surface area contributed by atoms with Crippen molar-refractivity contribution < 1.29 is 19.2 Å². The average molecular weight is 322 g/mol. The number of halogens is 1. The molecular weight excluding hydrogens is 303 g/mol. The number of nitro benzene ring substituents is 1. The molecule has 0 aromatic heterocycles. The minimum Gasteiger partial charge on any atom is -0.480 e. The molecular formula is C16H19FN2O4. The van der Waals surface area contributed by atoms with Gasteiger partial charge in [0, 0.05) is 24.2 Å². The van der Waals surface area contributed by atoms with E-state index in [1.165, 1.54) is 0 Å². The van der Waals surface area contributed by atoms with Gasteiger partial charge >= 0.3 is 5.97 Å². The van der Waals surface area contributed by atoms with E-state index in [-0.39, 0.29) is 23.8 Å². The number of carboxylic acid groups (broad SMARTS) is 1. The zero-order valence-corrected chi connectivity index (χ0v) is 12.7. The van der Waals surface area contributed by atoms with Crippen molar-refractivity contribution in [3.8, 4) is 0 Å². The molecule has 0 amide bonds. The van der Waals surface area contributed by atoms with Crippen LogP contribution in [0.15, 0.2) is 18.2 Å². The molecule has 1 aromatic rings. The van der Waals surface area contributed by atoms with E-state index >= 15 is 0 Å². The monoisotopic (exact) mass is 322 g/mol. The zero-order chi connectivity index (χ0) is 16.6. The van der Waals surface area contributed by atoms with Crippen LogP contribution in [0.25, 0.3) is 0 Å². The summed E-state index contributed by atoms with van der Waals surface area (Å²) in [5.74, 6) is -1.13. The summed E-state index contributed by atoms with van der Waals surface area (Å²) in [6.45, 7) is 0.103. The molecule has 3 unspecified atom stereocenters. The van der Waals surface area contributed by atoms with Crippen molar-refractivity contribution in [3.63, 3.8) is 0 Å². The van der Waals surface area contributed by atoms with Gasteiger partial charge in [0.15, 0.2) is 0 Å². The highest BCUT2D eigenvalue weighted by atomic mass is 19.1. The van der Waals surface area contributed by atoms with Crippen molar-refractivity contribution in [2.75, 3.05) is 0 Å². The standard InChI is InChI=1S/C16H19FN2O4/c17-12-5-6-14(19(22)23)11(7-12)9-18-13-4-2-1-3-10(13)8-15(18)16(20)21/h5-7,10,13,15H,1-4,8-9H2,(H,20,21). The Morgan fingerprint density at radius 1 is 1.39 bits per heavy atom. The molecule has 6 nitrogen and oxygen atoms in total. The molecule has 3 atom stereocenters. The normalized spacial score (nSPS) is 27.6. The SMILES string of the molecule is O=C(O)C1CC2CCCCC2N1Cc1cc(F)ccc1[N+](=O)[O-]. The Morgan fingerprint density at radius 3 is 2.83 bits per heavy atom. The molecule has 0 radical (unpaired) electrons. The van der Waals surface area contributed by atoms with Crippen molar-refractivity contribution >= 4 is 11.7 Å². The molecule has 23 heavy (non-hydrogen) atoms. The second kappa shape index (κ2) is 6.23. The Kier molecular flexibility index (Phi) is 4.30. The number of aliphatic carboxylic acids is 1. The largest absolute Gasteiger partial charge is 0.480 e. The van der Waals surface area contributed by atoms with E-state index in [1.807, 2.05) is 4.90 Å². The molecule has 0 spiro atoms. The second-order valence-electron chi connectivity index (χ2n) is 6.40. The maximum absolute atomic E-state index is 13.5. The predicted octanol–water partition coefficient (Wildman–Crippen LogP) is 2.95. The first-order valence-corrected chi connectivity index (χ1v) is 7.88. The molecule has 0 bridgehead atoms. The van der Waals surface area contributed by atoms with E-state index in [2.05, 4.69) is 0 Å². The van der Waals surface area contributed by atoms with Gasteiger partial charge in [-0.1, -0.05) is 12.8 Å². The van der Waals surface area contributed by atoms with Crippen LogP contribution in [0.1, 0.15) is 37.7 Å². The molecule has 124 valence electrons. The quantitative estimate of drug-likeness (QED) is 0.680. The minimum absolute atomic E-state index is 0.103. The Bertz CT molecular complexity index is 637. The average Bonchev–Trinajstić information content (AvgIpc) is 2.86. The summed E-state index contributed by atoms with van der Waals surface area (Å²) in [6.07, 6.45) is 4.60. The van der Waals surface area contributed by atoms with Crippen LogP contribution in [-0.4, -0.2) is 33.0 Å². The maximum atomic E-state index is 13.5. The third kappa shape index (κ3) is 3.06. The van der Waals surface area contributed by atoms with Crippen LogP contribution in [0.4, 0.5) is 10.1 Å². The number of hydrogen-bond donors (Lipinski definition) is 1. The van der Waals surface area contributed by atoms with E-state index in [4.69, 9.17) is 0 Å². The number of benzene rings is 1. The molecule has 7 heteroatoms. The highest BCUT2D eigenvalue weighted by Gasteiger charge is 2.45. The molecule has 1 heterocycles. The van der Waals surface area contributed by atoms with Crippen molar-refractivity contribution in [1.82, 2.24) is 4.90 Å². The molecule has 3 rings (SSSR count). The van der Waals surface area contributed by atoms with E-state index in [9.17, 15) is 24.4 Å². The zero-order valence-electron chi connectivity index (χ0n) is 12.7. The Morgan fingerprint density at radius 2 is 2.13 bits per heavy atom. The number of likely N-dealkylation sites (tertiary alicyclic amines) is 1. The first-order chi connectivity index (χ1) is 11.0. The topological polar surface area (TPSA) is 83.7 Å². The summed E-state index contributed by atoms with van der Waals surface area (Å²) >= 11 is 0. The molecule has 2 fully saturated rings. The fraction of sp³-hybridized carbons (Fsp3) is 0.562. The lowest BCUT2D eigenvalue weighted by molar-refractivity contribution is -0.385. The van der Waals surface area contributed by atoms with Crippen LogP contribution < -0.4 is 0 Å². The van der Waals surface area contributed by atoms with Gasteiger partial charge in [0.2, 0.25) is 0 Å². The van der Waals surface area contributed by atoms with Crippen molar-refractivity contribution in [2.24, 2.45) is 5.92 Å². The van der Waals surface area contributed by atoms with Gasteiger partial charge in [-0.05, 0) is 37.3 Å². The molecule has 1 N–H and O–H groups in total. The number of carbonyl (C=O) groups is 1. The van der Waals surface area contributed by atoms with Crippen LogP contribution in [0, 0.1) is 21.8 Å². The highest BCUT2D eigenvalue weighted by Crippen LogP contribution is 2.41. The van der Waals surface area contributed by atoms with Crippen LogP contribution >= 0.6 is 0 Å². The molecule has 2 aliphatic rings. The van der Waals surface area contributed by atoms with Gasteiger partial charge in [0.25, 0.3) is 5.69 Å². The van der Waals surface area contributed by atoms with E-state index in [0.717, 1.165) is 43.9 Å². The number of nitrogens with zero attached hydrogens (tertiary/aromatic N) is 2. The molecule has 1 aromatic carbocycles. The van der Waals surface area contributed by atoms with Crippen molar-refractivity contribution in [3.05, 3.63) is 39.7 Å². The van der Waals surface area contributed by atoms with Gasteiger partial charge < -0.3 is 5.11 Å². The number of rotatable bonds is 4. The van der Waals surface area contributed by atoms with Gasteiger partial charge in [-0.3, -0.25) is 19.8 Å². The summed E-state index contributed by atoms with van der Waals surface area (Å²) in [7, 11) is 0. The number of carboxylic acids is 1. The Labute approximate surface area is 133 Å². The summed E-state index contributed by atoms with van der Waals surface area (Å²) < 4.78 is 13.5. The Balaban J connectivity index is 1.91. The van der Waals surface area contributed by atoms with Crippen LogP contribution in [-0.2, 0) is 11.3 Å². The van der Waals surface area contributed by atoms with Gasteiger partial charge in [-0.15, -0.1) is 0 Å². The maximum Gasteiger partial charge on any atom is 0.320 e. The van der Waals surface area contributed by atoms with Crippen LogP contribution in [0.2, 0.25) is 0 Å². The van der Waals surface area contributed by atoms with Crippen LogP contribution in [0.3, 0.4) is 0 Å². The van der Waals surface area contributed by atoms with Crippen molar-refractivity contribution in [1.29, 1.82) is 0 Å². The van der Waals surface area contributed by atoms with E-state index in [1.54, 1.807) is 0 Å². The molecule has 1 saturated carbocycles. The minimum atomic E-state index is -0.904. The van der Waals surface area contributed by atoms with E-state index < -0.39 is 22.8 Å². The summed E-state index contributed by atoms with van der Waals surface area (Å²) in [5, 5.41) is 20.6. The smallest absolute Gasteiger partial charge is 0.320 e. The van der Waals surface area contributed by atoms with Gasteiger partial charge in [-0.2, -0.15) is 0 Å². The molecule has 1 aliphatic carbocycles. The fourth-order valence-corrected chi connectivity index (χ4v) is 4.08. The first kappa shape index (κ1) is 15.9. The summed E-state index contributed by atoms with van der Waals surface area (Å²) in [6, 6.07) is 2.82. The third-order valence-corrected chi connectivity index (χ3v) is 5.10. The first-order valence-electron chi connectivity index (χ1n) is 7.88. The summed E-state index contributed by atoms with van der Waals surface area (Å²) in [4.78, 5) is 24.0. The van der Waals surface area contributed by atoms with Gasteiger partial charge in [0.05, 0.1) is 4.92 Å². The molecule has 1 saturated heterocycles. The predicted molar refractivity (Wildman–Crippen MR) is 80.4 cm³/mol. The van der Waals surface area contributed by atoms with Gasteiger partial charge in [-0.25, -0.2) is 4.39 Å². The Hall–Kier alpha value is -2.02. The molecule has 1 aliphatic heterocycles. The lowest BCUT2D eigenvalue weighted by atomic mass is 9.84. The summed E-state index contributed by atoms with van der Waals surface area (Å²) in [5.41, 5.74) is 0.0854. The van der Waals surface area contributed by atoms with Crippen molar-refractivity contribution in [2.45, 2.75) is 50.7 Å².